The lowest BCUT2D eigenvalue weighted by Gasteiger charge is -2.37. The minimum absolute atomic E-state index is 0.00461. The molecule has 4 nitrogen and oxygen atoms in total. The first-order chi connectivity index (χ1) is 26.8. The molecule has 4 heterocycles. The molecule has 0 spiro atoms. The van der Waals surface area contributed by atoms with E-state index in [4.69, 9.17) is 14.2 Å². The van der Waals surface area contributed by atoms with Gasteiger partial charge in [0, 0.05) is 33.6 Å². The number of nitrogens with zero attached hydrogens (tertiary/aromatic N) is 1. The topological polar surface area (TPSA) is 32.6 Å². The molecule has 8 aromatic carbocycles. The number of aromatic nitrogens is 1. The second kappa shape index (κ2) is 10.3. The molecule has 54 heavy (non-hydrogen) atoms. The van der Waals surface area contributed by atoms with Crippen LogP contribution >= 0.6 is 0 Å². The van der Waals surface area contributed by atoms with E-state index in [1.54, 1.807) is 0 Å². The highest BCUT2D eigenvalue weighted by molar-refractivity contribution is 6.99. The van der Waals surface area contributed by atoms with E-state index in [0.29, 0.717) is 0 Å². The van der Waals surface area contributed by atoms with Crippen molar-refractivity contribution in [3.8, 4) is 73.6 Å². The summed E-state index contributed by atoms with van der Waals surface area (Å²) in [5, 5.41) is 2.56. The van der Waals surface area contributed by atoms with Crippen LogP contribution in [0.4, 0.5) is 0 Å². The summed E-state index contributed by atoms with van der Waals surface area (Å²) in [6.45, 7) is 0.00461. The van der Waals surface area contributed by atoms with Crippen molar-refractivity contribution in [3.05, 3.63) is 169 Å². The van der Waals surface area contributed by atoms with Gasteiger partial charge in [-0.2, -0.15) is 0 Å². The monoisotopic (exact) mass is 689 g/mol. The van der Waals surface area contributed by atoms with E-state index in [1.807, 2.05) is 36.4 Å². The zero-order chi connectivity index (χ0) is 35.1. The first-order valence-electron chi connectivity index (χ1n) is 18.6. The fourth-order valence-electron chi connectivity index (χ4n) is 9.73. The largest absolute Gasteiger partial charge is 0.458 e. The molecular formula is C49H28BNO3. The molecule has 0 saturated carbocycles. The molecule has 4 aliphatic rings. The van der Waals surface area contributed by atoms with Crippen molar-refractivity contribution in [2.45, 2.75) is 6.42 Å². The summed E-state index contributed by atoms with van der Waals surface area (Å²) < 4.78 is 22.1. The van der Waals surface area contributed by atoms with Crippen LogP contribution in [0.3, 0.4) is 0 Å². The molecule has 0 saturated heterocycles. The van der Waals surface area contributed by atoms with Gasteiger partial charge in [-0.15, -0.1) is 0 Å². The quantitative estimate of drug-likeness (QED) is 0.173. The predicted octanol–water partition coefficient (Wildman–Crippen LogP) is 10.5. The molecule has 0 atom stereocenters. The van der Waals surface area contributed by atoms with Crippen molar-refractivity contribution in [1.29, 1.82) is 0 Å². The Bertz CT molecular complexity index is 3010. The first-order valence-corrected chi connectivity index (χ1v) is 18.6. The van der Waals surface area contributed by atoms with Crippen LogP contribution in [-0.2, 0) is 6.42 Å². The molecule has 3 aliphatic heterocycles. The Morgan fingerprint density at radius 3 is 1.56 bits per heavy atom. The minimum atomic E-state index is 0.00461. The van der Waals surface area contributed by atoms with E-state index in [1.165, 1.54) is 60.9 Å². The van der Waals surface area contributed by atoms with Gasteiger partial charge in [-0.05, 0) is 105 Å². The van der Waals surface area contributed by atoms with Crippen LogP contribution < -0.4 is 30.6 Å². The number of fused-ring (bicyclic) bond motifs is 6. The van der Waals surface area contributed by atoms with Gasteiger partial charge in [0.1, 0.15) is 34.5 Å². The van der Waals surface area contributed by atoms with Crippen molar-refractivity contribution in [2.75, 3.05) is 0 Å². The Kier molecular flexibility index (Phi) is 5.47. The van der Waals surface area contributed by atoms with Gasteiger partial charge in [0.05, 0.1) is 16.7 Å². The SMILES string of the molecule is c1cc(-c2cc3c4c(c2)Oc2cccc5c2B4c2c(cccc2O3)O5)cc(-c2cccc3c2Cc2c-3cccc2-n2c3ccccc3c3ccccc32)c1. The molecule has 0 unspecified atom stereocenters. The summed E-state index contributed by atoms with van der Waals surface area (Å²) >= 11 is 0. The highest BCUT2D eigenvalue weighted by atomic mass is 16.5. The van der Waals surface area contributed by atoms with Gasteiger partial charge in [0.15, 0.2) is 0 Å². The Balaban J connectivity index is 0.928. The fraction of sp³-hybridized carbons (Fsp3) is 0.0204. The van der Waals surface area contributed by atoms with E-state index in [2.05, 4.69) is 126 Å². The summed E-state index contributed by atoms with van der Waals surface area (Å²) in [4.78, 5) is 0. The number of hydrogen-bond donors (Lipinski definition) is 0. The third-order valence-electron chi connectivity index (χ3n) is 12.0. The maximum atomic E-state index is 6.66. The summed E-state index contributed by atoms with van der Waals surface area (Å²) in [5.41, 5.74) is 16.9. The number of para-hydroxylation sites is 2. The smallest absolute Gasteiger partial charge is 0.270 e. The van der Waals surface area contributed by atoms with E-state index in [-0.39, 0.29) is 6.71 Å². The Morgan fingerprint density at radius 1 is 0.389 bits per heavy atom. The Morgan fingerprint density at radius 2 is 0.889 bits per heavy atom. The minimum Gasteiger partial charge on any atom is -0.458 e. The lowest BCUT2D eigenvalue weighted by atomic mass is 9.34. The van der Waals surface area contributed by atoms with E-state index in [0.717, 1.165) is 68.4 Å². The molecular weight excluding hydrogens is 661 g/mol. The second-order valence-electron chi connectivity index (χ2n) is 14.7. The third-order valence-corrected chi connectivity index (χ3v) is 12.0. The van der Waals surface area contributed by atoms with Crippen LogP contribution in [0, 0.1) is 0 Å². The van der Waals surface area contributed by atoms with Crippen molar-refractivity contribution < 1.29 is 14.2 Å². The van der Waals surface area contributed by atoms with Crippen molar-refractivity contribution in [3.63, 3.8) is 0 Å². The van der Waals surface area contributed by atoms with Crippen LogP contribution in [0.25, 0.3) is 60.9 Å². The van der Waals surface area contributed by atoms with Crippen LogP contribution in [0.5, 0.6) is 34.5 Å². The van der Waals surface area contributed by atoms with Crippen molar-refractivity contribution in [1.82, 2.24) is 4.57 Å². The summed E-state index contributed by atoms with van der Waals surface area (Å²) in [7, 11) is 0. The number of benzene rings is 8. The normalized spacial score (nSPS) is 13.5. The zero-order valence-corrected chi connectivity index (χ0v) is 29.0. The summed E-state index contributed by atoms with van der Waals surface area (Å²) in [6.07, 6.45) is 0.862. The molecule has 13 rings (SSSR count). The van der Waals surface area contributed by atoms with Gasteiger partial charge >= 0.3 is 0 Å². The standard InChI is InChI=1S/C49H28BNO3/c1-3-17-38-34(12-1)35-13-2-4-18-39(35)51(38)40-19-7-16-33-32-15-6-14-31(36(32)27-37(33)40)29-11-5-10-28(24-29)30-25-45-49-46(26-30)54-44-23-9-21-42-48(44)50(49)47-41(52-42)20-8-22-43(47)53-45/h1-26H,27H2. The molecule has 1 aliphatic carbocycles. The number of rotatable bonds is 3. The van der Waals surface area contributed by atoms with Crippen LogP contribution in [0.1, 0.15) is 11.1 Å². The van der Waals surface area contributed by atoms with Gasteiger partial charge in [-0.3, -0.25) is 0 Å². The van der Waals surface area contributed by atoms with E-state index < -0.39 is 0 Å². The molecule has 0 N–H and O–H groups in total. The molecule has 0 bridgehead atoms. The predicted molar refractivity (Wildman–Crippen MR) is 218 cm³/mol. The van der Waals surface area contributed by atoms with Crippen LogP contribution in [-0.4, -0.2) is 11.3 Å². The van der Waals surface area contributed by atoms with Crippen LogP contribution in [0.2, 0.25) is 0 Å². The molecule has 0 radical (unpaired) electrons. The molecule has 9 aromatic rings. The second-order valence-corrected chi connectivity index (χ2v) is 14.7. The molecule has 0 amide bonds. The van der Waals surface area contributed by atoms with Gasteiger partial charge in [0.25, 0.3) is 6.71 Å². The highest BCUT2D eigenvalue weighted by Crippen LogP contribution is 2.47. The maximum Gasteiger partial charge on any atom is 0.270 e. The highest BCUT2D eigenvalue weighted by Gasteiger charge is 2.46. The van der Waals surface area contributed by atoms with E-state index >= 15 is 0 Å². The van der Waals surface area contributed by atoms with Crippen molar-refractivity contribution in [2.24, 2.45) is 0 Å². The first kappa shape index (κ1) is 28.6. The molecule has 250 valence electrons. The van der Waals surface area contributed by atoms with Gasteiger partial charge in [-0.25, -0.2) is 0 Å². The van der Waals surface area contributed by atoms with Crippen LogP contribution in [0.15, 0.2) is 158 Å². The number of hydrogen-bond acceptors (Lipinski definition) is 3. The van der Waals surface area contributed by atoms with Gasteiger partial charge in [-0.1, -0.05) is 97.1 Å². The lowest BCUT2D eigenvalue weighted by molar-refractivity contribution is 0.443. The Hall–Kier alpha value is -6.98. The fourth-order valence-corrected chi connectivity index (χ4v) is 9.73. The average Bonchev–Trinajstić information content (AvgIpc) is 3.77. The molecule has 1 aromatic heterocycles. The molecule has 5 heteroatoms. The number of ether oxygens (including phenoxy) is 3. The summed E-state index contributed by atoms with van der Waals surface area (Å²) in [6, 6.07) is 56.5. The lowest BCUT2D eigenvalue weighted by Crippen LogP contribution is -2.59. The zero-order valence-electron chi connectivity index (χ0n) is 29.0. The molecule has 0 fully saturated rings. The Labute approximate surface area is 311 Å². The van der Waals surface area contributed by atoms with Crippen molar-refractivity contribution >= 4 is 44.9 Å². The third kappa shape index (κ3) is 3.73. The average molecular weight is 690 g/mol. The van der Waals surface area contributed by atoms with Gasteiger partial charge < -0.3 is 18.8 Å². The maximum absolute atomic E-state index is 6.66. The van der Waals surface area contributed by atoms with Gasteiger partial charge in [0.2, 0.25) is 0 Å². The van der Waals surface area contributed by atoms with E-state index in [9.17, 15) is 0 Å². The summed E-state index contributed by atoms with van der Waals surface area (Å²) in [5.74, 6) is 5.03.